The van der Waals surface area contributed by atoms with Crippen LogP contribution < -0.4 is 0 Å². The van der Waals surface area contributed by atoms with Gasteiger partial charge >= 0.3 is 0 Å². The average Bonchev–Trinajstić information content (AvgIpc) is 2.86. The Labute approximate surface area is 151 Å². The van der Waals surface area contributed by atoms with Gasteiger partial charge in [0.1, 0.15) is 11.6 Å². The number of nitrogens with zero attached hydrogens (tertiary/aromatic N) is 6. The van der Waals surface area contributed by atoms with Gasteiger partial charge in [0.05, 0.1) is 6.04 Å². The number of likely N-dealkylation sites (tertiary alicyclic amines) is 1. The zero-order valence-electron chi connectivity index (χ0n) is 15.6. The van der Waals surface area contributed by atoms with Crippen molar-refractivity contribution in [3.63, 3.8) is 0 Å². The van der Waals surface area contributed by atoms with Crippen LogP contribution in [0.4, 0.5) is 0 Å². The summed E-state index contributed by atoms with van der Waals surface area (Å²) >= 11 is 0. The van der Waals surface area contributed by atoms with Gasteiger partial charge in [-0.05, 0) is 26.4 Å². The van der Waals surface area contributed by atoms with Crippen LogP contribution in [0.2, 0.25) is 0 Å². The number of piperidine rings is 1. The molecule has 0 aromatic carbocycles. The van der Waals surface area contributed by atoms with Crippen LogP contribution in [0.15, 0.2) is 0 Å². The molecule has 142 valence electrons. The molecule has 1 saturated heterocycles. The summed E-state index contributed by atoms with van der Waals surface area (Å²) in [6, 6.07) is 0.293. The van der Waals surface area contributed by atoms with E-state index >= 15 is 0 Å². The largest absolute Gasteiger partial charge is 0.312 e. The van der Waals surface area contributed by atoms with Crippen LogP contribution >= 0.6 is 0 Å². The molecule has 0 N–H and O–H groups in total. The Bertz CT molecular complexity index is 685. The van der Waals surface area contributed by atoms with Crippen molar-refractivity contribution in [3.8, 4) is 0 Å². The monoisotopic (exact) mass is 370 g/mol. The van der Waals surface area contributed by atoms with E-state index in [9.17, 15) is 8.42 Å². The molecule has 0 bridgehead atoms. The fourth-order valence-corrected chi connectivity index (χ4v) is 5.53. The van der Waals surface area contributed by atoms with Crippen molar-refractivity contribution in [2.24, 2.45) is 0 Å². The van der Waals surface area contributed by atoms with E-state index in [2.05, 4.69) is 26.7 Å². The minimum absolute atomic E-state index is 0.293. The zero-order chi connectivity index (χ0) is 18.0. The Morgan fingerprint density at radius 2 is 1.84 bits per heavy atom. The highest BCUT2D eigenvalue weighted by Crippen LogP contribution is 2.29. The Hall–Kier alpha value is -1.03. The first-order valence-electron chi connectivity index (χ1n) is 9.36. The molecule has 1 atom stereocenters. The molecule has 0 radical (unpaired) electrons. The van der Waals surface area contributed by atoms with Gasteiger partial charge in [0.2, 0.25) is 0 Å². The van der Waals surface area contributed by atoms with E-state index in [1.54, 1.807) is 4.31 Å². The first-order valence-corrected chi connectivity index (χ1v) is 10.8. The lowest BCUT2D eigenvalue weighted by atomic mass is 10.0. The zero-order valence-corrected chi connectivity index (χ0v) is 16.4. The molecule has 1 aromatic heterocycles. The Kier molecular flexibility index (Phi) is 5.77. The van der Waals surface area contributed by atoms with Crippen molar-refractivity contribution in [1.82, 2.24) is 28.3 Å². The van der Waals surface area contributed by atoms with Gasteiger partial charge in [0.25, 0.3) is 10.2 Å². The van der Waals surface area contributed by atoms with E-state index in [1.807, 2.05) is 13.8 Å². The second-order valence-electron chi connectivity index (χ2n) is 6.86. The van der Waals surface area contributed by atoms with E-state index in [0.717, 1.165) is 24.6 Å². The van der Waals surface area contributed by atoms with Gasteiger partial charge in [-0.3, -0.25) is 4.90 Å². The first kappa shape index (κ1) is 18.8. The summed E-state index contributed by atoms with van der Waals surface area (Å²) in [5, 5.41) is 8.84. The standard InChI is InChI=1S/C16H30N6O2S/c1-4-20(5-2)25(23,24)21-11-9-15-17-18-16(22(15)13-12-21)14-8-6-7-10-19(14)3/h14H,4-13H2,1-3H3. The van der Waals surface area contributed by atoms with Crippen LogP contribution in [-0.2, 0) is 23.2 Å². The summed E-state index contributed by atoms with van der Waals surface area (Å²) in [6.07, 6.45) is 4.14. The number of rotatable bonds is 5. The number of hydrogen-bond donors (Lipinski definition) is 0. The van der Waals surface area contributed by atoms with E-state index in [4.69, 9.17) is 0 Å². The second-order valence-corrected chi connectivity index (χ2v) is 8.79. The van der Waals surface area contributed by atoms with Crippen molar-refractivity contribution in [2.45, 2.75) is 52.1 Å². The molecule has 3 heterocycles. The molecule has 0 amide bonds. The predicted molar refractivity (Wildman–Crippen MR) is 96.4 cm³/mol. The minimum atomic E-state index is -3.40. The van der Waals surface area contributed by atoms with Crippen LogP contribution in [0.1, 0.15) is 50.8 Å². The smallest absolute Gasteiger partial charge is 0.282 e. The first-order chi connectivity index (χ1) is 12.0. The maximum absolute atomic E-state index is 12.8. The number of aromatic nitrogens is 3. The molecule has 25 heavy (non-hydrogen) atoms. The highest BCUT2D eigenvalue weighted by molar-refractivity contribution is 7.86. The minimum Gasteiger partial charge on any atom is -0.312 e. The summed E-state index contributed by atoms with van der Waals surface area (Å²) in [7, 11) is -1.26. The van der Waals surface area contributed by atoms with Crippen LogP contribution in [0.25, 0.3) is 0 Å². The van der Waals surface area contributed by atoms with Crippen LogP contribution in [0.3, 0.4) is 0 Å². The molecule has 0 saturated carbocycles. The Morgan fingerprint density at radius 3 is 2.52 bits per heavy atom. The fourth-order valence-electron chi connectivity index (χ4n) is 3.92. The summed E-state index contributed by atoms with van der Waals surface area (Å²) in [6.45, 7) is 7.41. The third kappa shape index (κ3) is 3.60. The maximum atomic E-state index is 12.8. The van der Waals surface area contributed by atoms with Gasteiger partial charge < -0.3 is 4.57 Å². The topological polar surface area (TPSA) is 74.6 Å². The molecule has 0 spiro atoms. The summed E-state index contributed by atoms with van der Waals surface area (Å²) < 4.78 is 30.9. The SMILES string of the molecule is CCN(CC)S(=O)(=O)N1CCc2nnc(C3CCCCN3C)n2CC1. The molecule has 2 aliphatic heterocycles. The van der Waals surface area contributed by atoms with Crippen LogP contribution in [0.5, 0.6) is 0 Å². The van der Waals surface area contributed by atoms with Crippen LogP contribution in [0, 0.1) is 0 Å². The lowest BCUT2D eigenvalue weighted by molar-refractivity contribution is 0.174. The maximum Gasteiger partial charge on any atom is 0.282 e. The second kappa shape index (κ2) is 7.69. The summed E-state index contributed by atoms with van der Waals surface area (Å²) in [5.74, 6) is 1.91. The van der Waals surface area contributed by atoms with Gasteiger partial charge in [0, 0.05) is 39.1 Å². The highest BCUT2D eigenvalue weighted by atomic mass is 32.2. The molecule has 1 unspecified atom stereocenters. The highest BCUT2D eigenvalue weighted by Gasteiger charge is 2.32. The fraction of sp³-hybridized carbons (Fsp3) is 0.875. The molecule has 1 aromatic rings. The molecule has 8 nitrogen and oxygen atoms in total. The van der Waals surface area contributed by atoms with Crippen molar-refractivity contribution in [3.05, 3.63) is 11.6 Å². The van der Waals surface area contributed by atoms with Crippen LogP contribution in [-0.4, -0.2) is 76.5 Å². The van der Waals surface area contributed by atoms with Gasteiger partial charge in [-0.2, -0.15) is 17.0 Å². The molecule has 3 rings (SSSR count). The van der Waals surface area contributed by atoms with E-state index in [1.165, 1.54) is 17.1 Å². The van der Waals surface area contributed by atoms with Crippen molar-refractivity contribution >= 4 is 10.2 Å². The molecular weight excluding hydrogens is 340 g/mol. The Balaban J connectivity index is 1.79. The van der Waals surface area contributed by atoms with E-state index in [0.29, 0.717) is 45.2 Å². The quantitative estimate of drug-likeness (QED) is 0.769. The number of fused-ring (bicyclic) bond motifs is 1. The number of hydrogen-bond acceptors (Lipinski definition) is 5. The van der Waals surface area contributed by atoms with Gasteiger partial charge in [0.15, 0.2) is 0 Å². The molecule has 1 fully saturated rings. The van der Waals surface area contributed by atoms with Gasteiger partial charge in [-0.1, -0.05) is 20.3 Å². The van der Waals surface area contributed by atoms with Gasteiger partial charge in [-0.25, -0.2) is 0 Å². The Morgan fingerprint density at radius 1 is 1.08 bits per heavy atom. The van der Waals surface area contributed by atoms with Gasteiger partial charge in [-0.15, -0.1) is 10.2 Å². The third-order valence-corrected chi connectivity index (χ3v) is 7.63. The predicted octanol–water partition coefficient (Wildman–Crippen LogP) is 0.880. The lowest BCUT2D eigenvalue weighted by Gasteiger charge is -2.32. The molecule has 2 aliphatic rings. The van der Waals surface area contributed by atoms with Crippen molar-refractivity contribution < 1.29 is 8.42 Å². The lowest BCUT2D eigenvalue weighted by Crippen LogP contribution is -2.45. The molecule has 0 aliphatic carbocycles. The normalized spacial score (nSPS) is 23.6. The molecule has 9 heteroatoms. The van der Waals surface area contributed by atoms with E-state index < -0.39 is 10.2 Å². The summed E-state index contributed by atoms with van der Waals surface area (Å²) in [4.78, 5) is 2.34. The summed E-state index contributed by atoms with van der Waals surface area (Å²) in [5.41, 5.74) is 0. The third-order valence-electron chi connectivity index (χ3n) is 5.44. The van der Waals surface area contributed by atoms with Crippen molar-refractivity contribution in [1.29, 1.82) is 0 Å². The van der Waals surface area contributed by atoms with Crippen molar-refractivity contribution in [2.75, 3.05) is 39.8 Å². The average molecular weight is 371 g/mol. The molecular formula is C16H30N6O2S. The van der Waals surface area contributed by atoms with E-state index in [-0.39, 0.29) is 0 Å².